The van der Waals surface area contributed by atoms with Crippen molar-refractivity contribution in [2.24, 2.45) is 0 Å². The van der Waals surface area contributed by atoms with Crippen LogP contribution in [0, 0.1) is 0 Å². The number of halogens is 1. The first-order chi connectivity index (χ1) is 11.6. The van der Waals surface area contributed by atoms with Gasteiger partial charge in [0.15, 0.2) is 11.5 Å². The van der Waals surface area contributed by atoms with Crippen LogP contribution in [0.15, 0.2) is 42.5 Å². The van der Waals surface area contributed by atoms with Gasteiger partial charge in [0.05, 0.1) is 20.3 Å². The van der Waals surface area contributed by atoms with Crippen LogP contribution in [-0.4, -0.2) is 20.1 Å². The van der Waals surface area contributed by atoms with Gasteiger partial charge in [-0.2, -0.15) is 0 Å². The fourth-order valence-corrected chi connectivity index (χ4v) is 3.30. The van der Waals surface area contributed by atoms with Crippen molar-refractivity contribution in [1.29, 1.82) is 0 Å². The molecule has 1 aliphatic rings. The van der Waals surface area contributed by atoms with Crippen LogP contribution < -0.4 is 14.4 Å². The van der Waals surface area contributed by atoms with Gasteiger partial charge in [-0.15, -0.1) is 0 Å². The molecule has 5 heteroatoms. The molecule has 1 atom stereocenters. The lowest BCUT2D eigenvalue weighted by atomic mass is 9.93. The van der Waals surface area contributed by atoms with E-state index >= 15 is 0 Å². The van der Waals surface area contributed by atoms with Crippen LogP contribution in [0.3, 0.4) is 0 Å². The predicted molar refractivity (Wildman–Crippen MR) is 95.1 cm³/mol. The van der Waals surface area contributed by atoms with Crippen LogP contribution in [0.5, 0.6) is 11.5 Å². The van der Waals surface area contributed by atoms with Crippen LogP contribution in [0.1, 0.15) is 30.9 Å². The summed E-state index contributed by atoms with van der Waals surface area (Å²) in [4.78, 5) is 14.4. The summed E-state index contributed by atoms with van der Waals surface area (Å²) in [7, 11) is 3.23. The Bertz CT molecular complexity index is 730. The van der Waals surface area contributed by atoms with E-state index in [0.717, 1.165) is 24.1 Å². The second-order valence-electron chi connectivity index (χ2n) is 5.76. The van der Waals surface area contributed by atoms with Crippen molar-refractivity contribution < 1.29 is 14.3 Å². The lowest BCUT2D eigenvalue weighted by Crippen LogP contribution is -2.38. The van der Waals surface area contributed by atoms with Crippen molar-refractivity contribution in [3.8, 4) is 11.5 Å². The number of benzene rings is 2. The molecule has 0 N–H and O–H groups in total. The van der Waals surface area contributed by atoms with E-state index in [1.807, 2.05) is 47.4 Å². The largest absolute Gasteiger partial charge is 0.493 e. The summed E-state index contributed by atoms with van der Waals surface area (Å²) in [6.45, 7) is 0. The Kier molecular flexibility index (Phi) is 4.95. The van der Waals surface area contributed by atoms with Crippen molar-refractivity contribution in [2.75, 3.05) is 19.1 Å². The summed E-state index contributed by atoms with van der Waals surface area (Å²) in [6.07, 6.45) is 2.35. The maximum absolute atomic E-state index is 12.6. The zero-order valence-electron chi connectivity index (χ0n) is 13.8. The van der Waals surface area contributed by atoms with Gasteiger partial charge in [-0.05, 0) is 54.8 Å². The van der Waals surface area contributed by atoms with Gasteiger partial charge in [0.25, 0.3) is 0 Å². The molecule has 1 unspecified atom stereocenters. The predicted octanol–water partition coefficient (Wildman–Crippen LogP) is 4.62. The molecule has 2 aromatic carbocycles. The molecule has 1 heterocycles. The normalized spacial score (nSPS) is 17.7. The number of piperidine rings is 1. The summed E-state index contributed by atoms with van der Waals surface area (Å²) in [5, 5.41) is 0.658. The molecule has 1 aliphatic heterocycles. The SMILES string of the molecule is COc1ccc(C2CCCC(=O)N2c2ccc(Cl)cc2)cc1OC. The number of amides is 1. The molecule has 0 bridgehead atoms. The summed E-state index contributed by atoms with van der Waals surface area (Å²) >= 11 is 5.98. The standard InChI is InChI=1S/C19H20ClNO3/c1-23-17-11-6-13(12-18(17)24-2)16-4-3-5-19(22)21(16)15-9-7-14(20)8-10-15/h6-12,16H,3-5H2,1-2H3. The number of hydrogen-bond donors (Lipinski definition) is 0. The lowest BCUT2D eigenvalue weighted by Gasteiger charge is -2.36. The number of carbonyl (C=O) groups excluding carboxylic acids is 1. The number of hydrogen-bond acceptors (Lipinski definition) is 3. The molecule has 0 radical (unpaired) electrons. The second kappa shape index (κ2) is 7.14. The van der Waals surface area contributed by atoms with Crippen molar-refractivity contribution in [3.63, 3.8) is 0 Å². The molecular formula is C19H20ClNO3. The maximum atomic E-state index is 12.6. The van der Waals surface area contributed by atoms with E-state index < -0.39 is 0 Å². The van der Waals surface area contributed by atoms with E-state index in [1.165, 1.54) is 0 Å². The van der Waals surface area contributed by atoms with E-state index in [9.17, 15) is 4.79 Å². The fourth-order valence-electron chi connectivity index (χ4n) is 3.17. The average molecular weight is 346 g/mol. The number of rotatable bonds is 4. The van der Waals surface area contributed by atoms with Gasteiger partial charge in [0, 0.05) is 17.1 Å². The first-order valence-electron chi connectivity index (χ1n) is 7.93. The Morgan fingerprint density at radius 2 is 1.75 bits per heavy atom. The summed E-state index contributed by atoms with van der Waals surface area (Å²) in [5.41, 5.74) is 1.90. The highest BCUT2D eigenvalue weighted by atomic mass is 35.5. The van der Waals surface area contributed by atoms with Crippen molar-refractivity contribution in [2.45, 2.75) is 25.3 Å². The summed E-state index contributed by atoms with van der Waals surface area (Å²) < 4.78 is 10.7. The second-order valence-corrected chi connectivity index (χ2v) is 6.20. The monoisotopic (exact) mass is 345 g/mol. The molecule has 24 heavy (non-hydrogen) atoms. The third kappa shape index (κ3) is 3.20. The van der Waals surface area contributed by atoms with Crippen LogP contribution in [0.25, 0.3) is 0 Å². The highest BCUT2D eigenvalue weighted by Gasteiger charge is 2.31. The van der Waals surface area contributed by atoms with Crippen LogP contribution in [-0.2, 0) is 4.79 Å². The van der Waals surface area contributed by atoms with Crippen LogP contribution >= 0.6 is 11.6 Å². The van der Waals surface area contributed by atoms with Gasteiger partial charge in [-0.3, -0.25) is 4.79 Å². The van der Waals surface area contributed by atoms with E-state index in [1.54, 1.807) is 14.2 Å². The minimum absolute atomic E-state index is 0.0211. The minimum Gasteiger partial charge on any atom is -0.493 e. The molecule has 0 spiro atoms. The van der Waals surface area contributed by atoms with Crippen LogP contribution in [0.4, 0.5) is 5.69 Å². The fraction of sp³-hybridized carbons (Fsp3) is 0.316. The molecule has 0 saturated carbocycles. The van der Waals surface area contributed by atoms with Gasteiger partial charge in [0.2, 0.25) is 5.91 Å². The highest BCUT2D eigenvalue weighted by molar-refractivity contribution is 6.30. The average Bonchev–Trinajstić information content (AvgIpc) is 2.62. The van der Waals surface area contributed by atoms with E-state index in [-0.39, 0.29) is 11.9 Å². The van der Waals surface area contributed by atoms with Gasteiger partial charge >= 0.3 is 0 Å². The number of carbonyl (C=O) groups is 1. The van der Waals surface area contributed by atoms with Gasteiger partial charge < -0.3 is 14.4 Å². The lowest BCUT2D eigenvalue weighted by molar-refractivity contribution is -0.120. The van der Waals surface area contributed by atoms with Crippen molar-refractivity contribution >= 4 is 23.2 Å². The van der Waals surface area contributed by atoms with Gasteiger partial charge in [-0.25, -0.2) is 0 Å². The number of ether oxygens (including phenoxy) is 2. The van der Waals surface area contributed by atoms with Gasteiger partial charge in [-0.1, -0.05) is 17.7 Å². The third-order valence-electron chi connectivity index (χ3n) is 4.35. The smallest absolute Gasteiger partial charge is 0.227 e. The summed E-state index contributed by atoms with van der Waals surface area (Å²) in [5.74, 6) is 1.48. The molecule has 0 aromatic heterocycles. The molecule has 0 aliphatic carbocycles. The zero-order chi connectivity index (χ0) is 17.1. The molecule has 126 valence electrons. The molecule has 1 amide bonds. The Morgan fingerprint density at radius 1 is 1.04 bits per heavy atom. The minimum atomic E-state index is -0.0211. The number of anilines is 1. The van der Waals surface area contributed by atoms with E-state index in [2.05, 4.69) is 0 Å². The van der Waals surface area contributed by atoms with Crippen molar-refractivity contribution in [1.82, 2.24) is 0 Å². The Morgan fingerprint density at radius 3 is 2.42 bits per heavy atom. The zero-order valence-corrected chi connectivity index (χ0v) is 14.5. The third-order valence-corrected chi connectivity index (χ3v) is 4.60. The highest BCUT2D eigenvalue weighted by Crippen LogP contribution is 2.39. The number of methoxy groups -OCH3 is 2. The van der Waals surface area contributed by atoms with Gasteiger partial charge in [0.1, 0.15) is 0 Å². The number of nitrogens with zero attached hydrogens (tertiary/aromatic N) is 1. The Hall–Kier alpha value is -2.20. The Balaban J connectivity index is 2.00. The topological polar surface area (TPSA) is 38.8 Å². The molecule has 3 rings (SSSR count). The molecule has 1 saturated heterocycles. The Labute approximate surface area is 146 Å². The molecular weight excluding hydrogens is 326 g/mol. The quantitative estimate of drug-likeness (QED) is 0.811. The maximum Gasteiger partial charge on any atom is 0.227 e. The molecule has 4 nitrogen and oxygen atoms in total. The molecule has 2 aromatic rings. The molecule has 1 fully saturated rings. The first-order valence-corrected chi connectivity index (χ1v) is 8.31. The van der Waals surface area contributed by atoms with Crippen LogP contribution in [0.2, 0.25) is 5.02 Å². The van der Waals surface area contributed by atoms with E-state index in [4.69, 9.17) is 21.1 Å². The van der Waals surface area contributed by atoms with E-state index in [0.29, 0.717) is 22.9 Å². The summed E-state index contributed by atoms with van der Waals surface area (Å²) in [6, 6.07) is 13.2. The van der Waals surface area contributed by atoms with Crippen molar-refractivity contribution in [3.05, 3.63) is 53.1 Å². The first kappa shape index (κ1) is 16.7.